The maximum Gasteiger partial charge on any atom is 0.207 e. The van der Waals surface area contributed by atoms with Gasteiger partial charge in [0, 0.05) is 41.3 Å². The Morgan fingerprint density at radius 3 is 1.32 bits per heavy atom. The average molecular weight is 672 g/mol. The van der Waals surface area contributed by atoms with E-state index < -0.39 is 9.84 Å². The quantitative estimate of drug-likeness (QED) is 0.165. The number of sulfone groups is 1. The van der Waals surface area contributed by atoms with Crippen LogP contribution < -0.4 is 0 Å². The van der Waals surface area contributed by atoms with Crippen LogP contribution in [0.1, 0.15) is 11.1 Å². The topological polar surface area (TPSA) is 34.1 Å². The fourth-order valence-electron chi connectivity index (χ4n) is 5.19. The first-order chi connectivity index (χ1) is 19.6. The summed E-state index contributed by atoms with van der Waals surface area (Å²) in [7, 11) is -3.96. The van der Waals surface area contributed by atoms with Crippen LogP contribution in [0.3, 0.4) is 0 Å². The summed E-state index contributed by atoms with van der Waals surface area (Å²) < 4.78 is 34.0. The third-order valence-electron chi connectivity index (χ3n) is 6.95. The molecule has 41 heavy (non-hydrogen) atoms. The normalized spacial score (nSPS) is 12.0. The van der Waals surface area contributed by atoms with E-state index in [2.05, 4.69) is 12.1 Å². The van der Waals surface area contributed by atoms with Gasteiger partial charge in [-0.3, -0.25) is 0 Å². The molecule has 0 unspecified atom stereocenters. The lowest BCUT2D eigenvalue weighted by Gasteiger charge is -2.14. The highest BCUT2D eigenvalue weighted by Gasteiger charge is 2.30. The van der Waals surface area contributed by atoms with Crippen LogP contribution in [0.5, 0.6) is 0 Å². The molecule has 0 fully saturated rings. The summed E-state index contributed by atoms with van der Waals surface area (Å²) in [6, 6.07) is 23.1. The van der Waals surface area contributed by atoms with Gasteiger partial charge in [0.2, 0.25) is 9.84 Å². The predicted molar refractivity (Wildman–Crippen MR) is 183 cm³/mol. The second kappa shape index (κ2) is 11.3. The van der Waals surface area contributed by atoms with Crippen molar-refractivity contribution in [3.63, 3.8) is 0 Å². The minimum absolute atomic E-state index is 0.333. The number of halogens is 2. The van der Waals surface area contributed by atoms with E-state index in [9.17, 15) is 8.42 Å². The largest absolute Gasteiger partial charge is 0.218 e. The smallest absolute Gasteiger partial charge is 0.207 e. The Labute approximate surface area is 266 Å². The zero-order chi connectivity index (χ0) is 29.1. The molecule has 0 spiro atoms. The highest BCUT2D eigenvalue weighted by Crippen LogP contribution is 2.50. The van der Waals surface area contributed by atoms with E-state index in [0.717, 1.165) is 62.0 Å². The summed E-state index contributed by atoms with van der Waals surface area (Å²) in [5.41, 5.74) is 5.58. The molecular weight excluding hydrogens is 648 g/mol. The van der Waals surface area contributed by atoms with Crippen molar-refractivity contribution < 1.29 is 8.42 Å². The summed E-state index contributed by atoms with van der Waals surface area (Å²) in [5, 5.41) is 2.80. The second-order valence-corrected chi connectivity index (χ2v) is 16.7. The zero-order valence-corrected chi connectivity index (χ0v) is 28.1. The van der Waals surface area contributed by atoms with Crippen LogP contribution in [0.4, 0.5) is 0 Å². The molecule has 6 rings (SSSR count). The van der Waals surface area contributed by atoms with Gasteiger partial charge in [-0.1, -0.05) is 47.5 Å². The van der Waals surface area contributed by atoms with Gasteiger partial charge < -0.3 is 0 Å². The molecule has 0 amide bonds. The monoisotopic (exact) mass is 670 g/mol. The number of benzene rings is 4. The Kier molecular flexibility index (Phi) is 8.00. The Bertz CT molecular complexity index is 1910. The molecule has 0 aliphatic heterocycles. The minimum atomic E-state index is -3.96. The van der Waals surface area contributed by atoms with Gasteiger partial charge in [-0.05, 0) is 97.1 Å². The predicted octanol–water partition coefficient (Wildman–Crippen LogP) is 11.7. The highest BCUT2D eigenvalue weighted by atomic mass is 35.5. The number of rotatable bonds is 6. The standard InChI is InChI=1S/C32H24Cl2O2S5/c1-17-13-23-29(27(31(37-3)39-23)19-5-9-21(33)10-6-19)25(15-17)41(35,36)26-16-18(2)14-24-30(26)28(32(38-4)40-24)20-7-11-22(34)12-8-20/h5-16H,1-4H3. The molecular formula is C32H24Cl2O2S5. The summed E-state index contributed by atoms with van der Waals surface area (Å²) in [5.74, 6) is 0. The molecule has 0 bridgehead atoms. The van der Waals surface area contributed by atoms with E-state index in [1.165, 1.54) is 0 Å². The number of thioether (sulfide) groups is 2. The Hall–Kier alpha value is -1.97. The van der Waals surface area contributed by atoms with E-state index in [0.29, 0.717) is 19.8 Å². The van der Waals surface area contributed by atoms with Gasteiger partial charge in [-0.15, -0.1) is 46.2 Å². The summed E-state index contributed by atoms with van der Waals surface area (Å²) in [6.07, 6.45) is 4.06. The molecule has 0 saturated heterocycles. The third-order valence-corrected chi connectivity index (χ3v) is 13.8. The van der Waals surface area contributed by atoms with Crippen LogP contribution >= 0.6 is 69.4 Å². The molecule has 4 aromatic carbocycles. The van der Waals surface area contributed by atoms with Crippen LogP contribution in [0, 0.1) is 13.8 Å². The molecule has 208 valence electrons. The van der Waals surface area contributed by atoms with Crippen molar-refractivity contribution in [1.29, 1.82) is 0 Å². The lowest BCUT2D eigenvalue weighted by atomic mass is 10.0. The van der Waals surface area contributed by atoms with E-state index in [1.54, 1.807) is 46.2 Å². The molecule has 6 aromatic rings. The number of fused-ring (bicyclic) bond motifs is 2. The number of hydrogen-bond donors (Lipinski definition) is 0. The number of thiophene rings is 2. The van der Waals surface area contributed by atoms with Gasteiger partial charge >= 0.3 is 0 Å². The van der Waals surface area contributed by atoms with Crippen LogP contribution in [0.2, 0.25) is 10.0 Å². The van der Waals surface area contributed by atoms with Crippen LogP contribution in [0.25, 0.3) is 42.4 Å². The van der Waals surface area contributed by atoms with Crippen molar-refractivity contribution in [2.24, 2.45) is 0 Å². The number of hydrogen-bond acceptors (Lipinski definition) is 6. The fourth-order valence-corrected chi connectivity index (χ4v) is 11.7. The molecule has 0 atom stereocenters. The molecule has 0 radical (unpaired) electrons. The van der Waals surface area contributed by atoms with Crippen molar-refractivity contribution in [2.45, 2.75) is 32.1 Å². The SMILES string of the molecule is CSc1sc2cc(C)cc(S(=O)(=O)c3cc(C)cc4sc(SC)c(-c5ccc(Cl)cc5)c34)c2c1-c1ccc(Cl)cc1. The van der Waals surface area contributed by atoms with Crippen LogP contribution in [-0.4, -0.2) is 20.9 Å². The van der Waals surface area contributed by atoms with Gasteiger partial charge in [0.05, 0.1) is 18.2 Å². The lowest BCUT2D eigenvalue weighted by Crippen LogP contribution is -2.05. The first kappa shape index (κ1) is 29.1. The fraction of sp³-hybridized carbons (Fsp3) is 0.125. The summed E-state index contributed by atoms with van der Waals surface area (Å²) in [6.45, 7) is 3.92. The summed E-state index contributed by atoms with van der Waals surface area (Å²) >= 11 is 19.0. The van der Waals surface area contributed by atoms with Gasteiger partial charge in [0.1, 0.15) is 0 Å². The average Bonchev–Trinajstić information content (AvgIpc) is 3.50. The van der Waals surface area contributed by atoms with Crippen molar-refractivity contribution in [3.8, 4) is 22.3 Å². The lowest BCUT2D eigenvalue weighted by molar-refractivity contribution is 0.597. The first-order valence-corrected chi connectivity index (χ1v) is 18.9. The van der Waals surface area contributed by atoms with Crippen molar-refractivity contribution >= 4 is 99.4 Å². The van der Waals surface area contributed by atoms with Crippen molar-refractivity contribution in [3.05, 3.63) is 94.0 Å². The van der Waals surface area contributed by atoms with Gasteiger partial charge in [0.25, 0.3) is 0 Å². The molecule has 2 heterocycles. The van der Waals surface area contributed by atoms with Crippen molar-refractivity contribution in [2.75, 3.05) is 12.5 Å². The highest BCUT2D eigenvalue weighted by molar-refractivity contribution is 8.01. The van der Waals surface area contributed by atoms with E-state index in [1.807, 2.05) is 87.0 Å². The van der Waals surface area contributed by atoms with E-state index >= 15 is 0 Å². The second-order valence-electron chi connectivity index (χ2n) is 9.73. The Balaban J connectivity index is 1.72. The van der Waals surface area contributed by atoms with Gasteiger partial charge in [-0.2, -0.15) is 0 Å². The number of aryl methyl sites for hydroxylation is 2. The van der Waals surface area contributed by atoms with E-state index in [4.69, 9.17) is 23.2 Å². The zero-order valence-electron chi connectivity index (χ0n) is 22.5. The Morgan fingerprint density at radius 2 is 0.976 bits per heavy atom. The van der Waals surface area contributed by atoms with Crippen LogP contribution in [0.15, 0.2) is 91.0 Å². The molecule has 0 N–H and O–H groups in total. The molecule has 0 aliphatic carbocycles. The van der Waals surface area contributed by atoms with Gasteiger partial charge in [-0.25, -0.2) is 8.42 Å². The third kappa shape index (κ3) is 5.14. The van der Waals surface area contributed by atoms with Crippen LogP contribution in [-0.2, 0) is 9.84 Å². The maximum absolute atomic E-state index is 15.0. The van der Waals surface area contributed by atoms with E-state index in [-0.39, 0.29) is 0 Å². The molecule has 0 aliphatic rings. The molecule has 2 aromatic heterocycles. The molecule has 9 heteroatoms. The maximum atomic E-state index is 15.0. The van der Waals surface area contributed by atoms with Crippen molar-refractivity contribution in [1.82, 2.24) is 0 Å². The Morgan fingerprint density at radius 1 is 0.610 bits per heavy atom. The minimum Gasteiger partial charge on any atom is -0.218 e. The molecule has 0 saturated carbocycles. The van der Waals surface area contributed by atoms with Gasteiger partial charge in [0.15, 0.2) is 0 Å². The summed E-state index contributed by atoms with van der Waals surface area (Å²) in [4.78, 5) is 0.666. The molecule has 2 nitrogen and oxygen atoms in total. The first-order valence-electron chi connectivity index (χ1n) is 12.6.